The number of nitrogens with one attached hydrogen (secondary N) is 1. The van der Waals surface area contributed by atoms with Gasteiger partial charge in [-0.2, -0.15) is 0 Å². The Labute approximate surface area is 108 Å². The largest absolute Gasteiger partial charge is 0.397 e. The van der Waals surface area contributed by atoms with Crippen molar-refractivity contribution in [2.45, 2.75) is 13.8 Å². The molecule has 0 unspecified atom stereocenters. The number of hydrogen-bond acceptors (Lipinski definition) is 2. The van der Waals surface area contributed by atoms with Crippen molar-refractivity contribution in [3.8, 4) is 0 Å². The summed E-state index contributed by atoms with van der Waals surface area (Å²) in [5, 5.41) is 2.73. The van der Waals surface area contributed by atoms with Crippen LogP contribution in [0.15, 0.2) is 60.2 Å². The Morgan fingerprint density at radius 2 is 1.89 bits per heavy atom. The number of hydrogen-bond donors (Lipinski definition) is 2. The number of nitrogen functional groups attached to an aromatic ring is 1. The summed E-state index contributed by atoms with van der Waals surface area (Å²) < 4.78 is 0. The van der Waals surface area contributed by atoms with E-state index in [-0.39, 0.29) is 5.91 Å². The van der Waals surface area contributed by atoms with E-state index in [1.165, 1.54) is 6.08 Å². The van der Waals surface area contributed by atoms with E-state index in [1.54, 1.807) is 18.2 Å². The van der Waals surface area contributed by atoms with Crippen molar-refractivity contribution >= 4 is 17.3 Å². The second kappa shape index (κ2) is 7.12. The lowest BCUT2D eigenvalue weighted by Gasteiger charge is -2.04. The molecular formula is C15H18N2O. The molecule has 0 atom stereocenters. The average molecular weight is 242 g/mol. The standard InChI is InChI=1S/C15H18N2O/c1-3-7-12(4-2)10-11-15(18)17-14-9-6-5-8-13(14)16/h3-11H,16H2,1-2H3,(H,17,18)/b7-3-,11-10+,12-4+. The Morgan fingerprint density at radius 1 is 1.17 bits per heavy atom. The number of benzene rings is 1. The van der Waals surface area contributed by atoms with Crippen molar-refractivity contribution in [3.05, 3.63) is 60.2 Å². The number of carbonyl (C=O) groups is 1. The van der Waals surface area contributed by atoms with Crippen molar-refractivity contribution in [2.24, 2.45) is 0 Å². The molecule has 0 aliphatic rings. The molecule has 0 bridgehead atoms. The van der Waals surface area contributed by atoms with Crippen LogP contribution in [0, 0.1) is 0 Å². The lowest BCUT2D eigenvalue weighted by atomic mass is 10.2. The normalized spacial score (nSPS) is 12.2. The molecular weight excluding hydrogens is 224 g/mol. The molecule has 0 spiro atoms. The predicted molar refractivity (Wildman–Crippen MR) is 77.2 cm³/mol. The highest BCUT2D eigenvalue weighted by Gasteiger charge is 2.00. The van der Waals surface area contributed by atoms with Gasteiger partial charge in [-0.3, -0.25) is 4.79 Å². The lowest BCUT2D eigenvalue weighted by Crippen LogP contribution is -2.09. The summed E-state index contributed by atoms with van der Waals surface area (Å²) in [6, 6.07) is 7.16. The zero-order chi connectivity index (χ0) is 13.4. The number of amides is 1. The Morgan fingerprint density at radius 3 is 2.50 bits per heavy atom. The molecule has 0 heterocycles. The van der Waals surface area contributed by atoms with Crippen LogP contribution in [0.2, 0.25) is 0 Å². The van der Waals surface area contributed by atoms with Crippen molar-refractivity contribution in [3.63, 3.8) is 0 Å². The van der Waals surface area contributed by atoms with E-state index in [0.717, 1.165) is 5.57 Å². The van der Waals surface area contributed by atoms with E-state index in [2.05, 4.69) is 5.32 Å². The predicted octanol–water partition coefficient (Wildman–Crippen LogP) is 3.29. The second-order valence-electron chi connectivity index (χ2n) is 3.70. The molecule has 1 amide bonds. The van der Waals surface area contributed by atoms with Gasteiger partial charge in [-0.25, -0.2) is 0 Å². The summed E-state index contributed by atoms with van der Waals surface area (Å²) in [5.74, 6) is -0.197. The van der Waals surface area contributed by atoms with Gasteiger partial charge in [0, 0.05) is 6.08 Å². The highest BCUT2D eigenvalue weighted by Crippen LogP contribution is 2.16. The number of carbonyl (C=O) groups excluding carboxylic acids is 1. The van der Waals surface area contributed by atoms with E-state index in [9.17, 15) is 4.79 Å². The Balaban J connectivity index is 2.68. The molecule has 0 aliphatic heterocycles. The Bertz CT molecular complexity index is 499. The van der Waals surface area contributed by atoms with Crippen LogP contribution in [0.1, 0.15) is 13.8 Å². The molecule has 0 saturated heterocycles. The van der Waals surface area contributed by atoms with Gasteiger partial charge in [-0.1, -0.05) is 30.4 Å². The molecule has 1 rings (SSSR count). The second-order valence-corrected chi connectivity index (χ2v) is 3.70. The first-order chi connectivity index (χ1) is 8.67. The molecule has 1 aromatic rings. The summed E-state index contributed by atoms with van der Waals surface area (Å²) in [6.07, 6.45) is 9.03. The highest BCUT2D eigenvalue weighted by atomic mass is 16.1. The number of para-hydroxylation sites is 2. The first-order valence-electron chi connectivity index (χ1n) is 5.80. The van der Waals surface area contributed by atoms with Crippen LogP contribution in [0.3, 0.4) is 0 Å². The fourth-order valence-corrected chi connectivity index (χ4v) is 1.40. The van der Waals surface area contributed by atoms with Gasteiger partial charge in [0.1, 0.15) is 0 Å². The minimum Gasteiger partial charge on any atom is -0.397 e. The third-order valence-electron chi connectivity index (χ3n) is 2.34. The first-order valence-corrected chi connectivity index (χ1v) is 5.80. The number of rotatable bonds is 4. The molecule has 3 heteroatoms. The number of allylic oxidation sites excluding steroid dienone is 5. The van der Waals surface area contributed by atoms with Gasteiger partial charge < -0.3 is 11.1 Å². The summed E-state index contributed by atoms with van der Waals surface area (Å²) >= 11 is 0. The summed E-state index contributed by atoms with van der Waals surface area (Å²) in [4.78, 5) is 11.7. The third-order valence-corrected chi connectivity index (χ3v) is 2.34. The molecule has 0 aromatic heterocycles. The quantitative estimate of drug-likeness (QED) is 0.483. The third kappa shape index (κ3) is 4.29. The van der Waals surface area contributed by atoms with Crippen molar-refractivity contribution < 1.29 is 4.79 Å². The highest BCUT2D eigenvalue weighted by molar-refractivity contribution is 6.01. The summed E-state index contributed by atoms with van der Waals surface area (Å²) in [7, 11) is 0. The minimum atomic E-state index is -0.197. The van der Waals surface area contributed by atoms with Crippen LogP contribution in [-0.4, -0.2) is 5.91 Å². The molecule has 18 heavy (non-hydrogen) atoms. The van der Waals surface area contributed by atoms with E-state index >= 15 is 0 Å². The van der Waals surface area contributed by atoms with Gasteiger partial charge in [0.15, 0.2) is 0 Å². The zero-order valence-electron chi connectivity index (χ0n) is 10.7. The smallest absolute Gasteiger partial charge is 0.248 e. The zero-order valence-corrected chi connectivity index (χ0v) is 10.7. The van der Waals surface area contributed by atoms with E-state index in [0.29, 0.717) is 11.4 Å². The van der Waals surface area contributed by atoms with Crippen molar-refractivity contribution in [1.29, 1.82) is 0 Å². The molecule has 0 radical (unpaired) electrons. The maximum absolute atomic E-state index is 11.7. The van der Waals surface area contributed by atoms with Crippen LogP contribution in [0.5, 0.6) is 0 Å². The fourth-order valence-electron chi connectivity index (χ4n) is 1.40. The molecule has 1 aromatic carbocycles. The monoisotopic (exact) mass is 242 g/mol. The Hall–Kier alpha value is -2.29. The van der Waals surface area contributed by atoms with Crippen molar-refractivity contribution in [1.82, 2.24) is 0 Å². The maximum Gasteiger partial charge on any atom is 0.248 e. The van der Waals surface area contributed by atoms with Crippen LogP contribution in [0.25, 0.3) is 0 Å². The number of anilines is 2. The van der Waals surface area contributed by atoms with Crippen molar-refractivity contribution in [2.75, 3.05) is 11.1 Å². The SMILES string of the molecule is C\C=C/C(/C=C/C(=O)Nc1ccccc1N)=C\C. The topological polar surface area (TPSA) is 55.1 Å². The maximum atomic E-state index is 11.7. The van der Waals surface area contributed by atoms with E-state index in [4.69, 9.17) is 5.73 Å². The molecule has 94 valence electrons. The van der Waals surface area contributed by atoms with Crippen LogP contribution in [-0.2, 0) is 4.79 Å². The lowest BCUT2D eigenvalue weighted by molar-refractivity contribution is -0.111. The van der Waals surface area contributed by atoms with Crippen LogP contribution >= 0.6 is 0 Å². The average Bonchev–Trinajstić information content (AvgIpc) is 2.37. The first kappa shape index (κ1) is 13.8. The van der Waals surface area contributed by atoms with Crippen LogP contribution < -0.4 is 11.1 Å². The summed E-state index contributed by atoms with van der Waals surface area (Å²) in [6.45, 7) is 3.86. The van der Waals surface area contributed by atoms with E-state index < -0.39 is 0 Å². The molecule has 0 aliphatic carbocycles. The fraction of sp³-hybridized carbons (Fsp3) is 0.133. The van der Waals surface area contributed by atoms with Gasteiger partial charge >= 0.3 is 0 Å². The molecule has 0 saturated carbocycles. The molecule has 3 nitrogen and oxygen atoms in total. The van der Waals surface area contributed by atoms with E-state index in [1.807, 2.05) is 44.2 Å². The molecule has 0 fully saturated rings. The van der Waals surface area contributed by atoms with Crippen LogP contribution in [0.4, 0.5) is 11.4 Å². The van der Waals surface area contributed by atoms with Gasteiger partial charge in [0.25, 0.3) is 0 Å². The van der Waals surface area contributed by atoms with Gasteiger partial charge in [0.05, 0.1) is 11.4 Å². The number of nitrogens with two attached hydrogens (primary N) is 1. The van der Waals surface area contributed by atoms with Gasteiger partial charge in [-0.15, -0.1) is 0 Å². The summed E-state index contributed by atoms with van der Waals surface area (Å²) in [5.41, 5.74) is 7.90. The minimum absolute atomic E-state index is 0.197. The Kier molecular flexibility index (Phi) is 5.45. The van der Waals surface area contributed by atoms with Gasteiger partial charge in [0.2, 0.25) is 5.91 Å². The molecule has 3 N–H and O–H groups in total. The van der Waals surface area contributed by atoms with Gasteiger partial charge in [-0.05, 0) is 37.6 Å².